The van der Waals surface area contributed by atoms with Crippen molar-refractivity contribution in [1.82, 2.24) is 0 Å². The van der Waals surface area contributed by atoms with Crippen LogP contribution in [0.2, 0.25) is 0 Å². The smallest absolute Gasteiger partial charge is 0.292 e. The molecule has 0 spiro atoms. The Balaban J connectivity index is 2.39. The van der Waals surface area contributed by atoms with E-state index in [1.165, 1.54) is 12.1 Å². The first kappa shape index (κ1) is 12.8. The first-order chi connectivity index (χ1) is 8.97. The van der Waals surface area contributed by atoms with Gasteiger partial charge in [-0.3, -0.25) is 19.7 Å². The van der Waals surface area contributed by atoms with Gasteiger partial charge in [-0.2, -0.15) is 0 Å². The van der Waals surface area contributed by atoms with Gasteiger partial charge in [-0.05, 0) is 18.1 Å². The van der Waals surface area contributed by atoms with Crippen molar-refractivity contribution < 1.29 is 14.5 Å². The van der Waals surface area contributed by atoms with Gasteiger partial charge in [0.1, 0.15) is 5.69 Å². The third kappa shape index (κ3) is 2.79. The number of hydrogen-bond donors (Lipinski definition) is 3. The molecule has 19 heavy (non-hydrogen) atoms. The largest absolute Gasteiger partial charge is 0.370 e. The molecule has 1 aromatic carbocycles. The molecule has 1 aromatic rings. The Bertz CT molecular complexity index is 570. The number of hydrogen-bond acceptors (Lipinski definition) is 5. The van der Waals surface area contributed by atoms with Crippen molar-refractivity contribution in [2.24, 2.45) is 5.73 Å². The highest BCUT2D eigenvalue weighted by molar-refractivity contribution is 5.95. The Hall–Kier alpha value is -2.64. The van der Waals surface area contributed by atoms with Crippen molar-refractivity contribution in [1.29, 1.82) is 0 Å². The average molecular weight is 264 g/mol. The fourth-order valence-corrected chi connectivity index (χ4v) is 1.89. The molecule has 0 saturated heterocycles. The minimum Gasteiger partial charge on any atom is -0.370 e. The normalized spacial score (nSPS) is 13.4. The van der Waals surface area contributed by atoms with Crippen molar-refractivity contribution in [3.05, 3.63) is 27.8 Å². The topological polar surface area (TPSA) is 127 Å². The molecular weight excluding hydrogens is 252 g/mol. The Labute approximate surface area is 108 Å². The molecule has 0 radical (unpaired) electrons. The number of fused-ring (bicyclic) bond motifs is 1. The van der Waals surface area contributed by atoms with E-state index in [0.29, 0.717) is 24.1 Å². The van der Waals surface area contributed by atoms with Crippen molar-refractivity contribution in [3.63, 3.8) is 0 Å². The van der Waals surface area contributed by atoms with Crippen LogP contribution in [0.5, 0.6) is 0 Å². The van der Waals surface area contributed by atoms with Gasteiger partial charge in [-0.15, -0.1) is 0 Å². The number of primary amides is 1. The molecule has 2 amide bonds. The Morgan fingerprint density at radius 2 is 2.21 bits per heavy atom. The van der Waals surface area contributed by atoms with Gasteiger partial charge in [-0.25, -0.2) is 0 Å². The molecule has 0 saturated carbocycles. The van der Waals surface area contributed by atoms with Gasteiger partial charge in [-0.1, -0.05) is 0 Å². The predicted molar refractivity (Wildman–Crippen MR) is 67.7 cm³/mol. The maximum absolute atomic E-state index is 11.3. The molecule has 1 aliphatic heterocycles. The number of benzene rings is 1. The highest BCUT2D eigenvalue weighted by Gasteiger charge is 2.22. The van der Waals surface area contributed by atoms with Gasteiger partial charge in [0.25, 0.3) is 5.69 Å². The average Bonchev–Trinajstić information content (AvgIpc) is 2.34. The number of carbonyl (C=O) groups is 2. The van der Waals surface area contributed by atoms with E-state index in [-0.39, 0.29) is 23.8 Å². The van der Waals surface area contributed by atoms with Crippen molar-refractivity contribution in [2.75, 3.05) is 17.2 Å². The zero-order valence-corrected chi connectivity index (χ0v) is 9.93. The van der Waals surface area contributed by atoms with Crippen molar-refractivity contribution >= 4 is 28.9 Å². The number of rotatable bonds is 4. The van der Waals surface area contributed by atoms with Crippen LogP contribution in [-0.4, -0.2) is 23.3 Å². The van der Waals surface area contributed by atoms with E-state index in [1.807, 2.05) is 0 Å². The highest BCUT2D eigenvalue weighted by atomic mass is 16.6. The molecule has 4 N–H and O–H groups in total. The summed E-state index contributed by atoms with van der Waals surface area (Å²) in [6, 6.07) is 2.85. The van der Waals surface area contributed by atoms with Crippen LogP contribution in [0.1, 0.15) is 12.0 Å². The number of nitro benzene ring substituents is 1. The summed E-state index contributed by atoms with van der Waals surface area (Å²) in [6.45, 7) is -0.215. The second kappa shape index (κ2) is 4.92. The number of nitrogens with zero attached hydrogens (tertiary/aromatic N) is 1. The van der Waals surface area contributed by atoms with Gasteiger partial charge in [0, 0.05) is 18.2 Å². The summed E-state index contributed by atoms with van der Waals surface area (Å²) < 4.78 is 0. The number of carbonyl (C=O) groups excluding carboxylic acids is 2. The van der Waals surface area contributed by atoms with E-state index in [4.69, 9.17) is 5.73 Å². The summed E-state index contributed by atoms with van der Waals surface area (Å²) in [5.74, 6) is -0.766. The summed E-state index contributed by atoms with van der Waals surface area (Å²) in [5, 5.41) is 16.2. The monoisotopic (exact) mass is 264 g/mol. The Kier molecular flexibility index (Phi) is 3.32. The molecule has 2 rings (SSSR count). The van der Waals surface area contributed by atoms with Crippen LogP contribution >= 0.6 is 0 Å². The van der Waals surface area contributed by atoms with Gasteiger partial charge in [0.05, 0.1) is 11.5 Å². The molecule has 0 fully saturated rings. The molecule has 1 heterocycles. The van der Waals surface area contributed by atoms with E-state index in [2.05, 4.69) is 10.6 Å². The molecule has 8 heteroatoms. The second-order valence-corrected chi connectivity index (χ2v) is 4.15. The first-order valence-corrected chi connectivity index (χ1v) is 5.60. The number of nitrogens with one attached hydrogen (secondary N) is 2. The molecular formula is C11H12N4O4. The van der Waals surface area contributed by atoms with Crippen LogP contribution in [0.3, 0.4) is 0 Å². The SMILES string of the molecule is NC(=O)CNc1cc2c(cc1[N+](=O)[O-])CCC(=O)N2. The zero-order valence-electron chi connectivity index (χ0n) is 9.93. The molecule has 0 bridgehead atoms. The van der Waals surface area contributed by atoms with Crippen LogP contribution < -0.4 is 16.4 Å². The zero-order chi connectivity index (χ0) is 14.0. The molecule has 0 atom stereocenters. The number of anilines is 2. The van der Waals surface area contributed by atoms with Gasteiger partial charge in [0.15, 0.2) is 0 Å². The lowest BCUT2D eigenvalue weighted by Gasteiger charge is -2.18. The van der Waals surface area contributed by atoms with Gasteiger partial charge >= 0.3 is 0 Å². The van der Waals surface area contributed by atoms with Gasteiger partial charge < -0.3 is 16.4 Å². The molecule has 0 aliphatic carbocycles. The van der Waals surface area contributed by atoms with E-state index < -0.39 is 10.8 Å². The lowest BCUT2D eigenvalue weighted by Crippen LogP contribution is -2.23. The lowest BCUT2D eigenvalue weighted by molar-refractivity contribution is -0.384. The summed E-state index contributed by atoms with van der Waals surface area (Å²) in [7, 11) is 0. The summed E-state index contributed by atoms with van der Waals surface area (Å²) in [4.78, 5) is 32.4. The number of aryl methyl sites for hydroxylation is 1. The molecule has 0 unspecified atom stereocenters. The van der Waals surface area contributed by atoms with Crippen LogP contribution in [0.4, 0.5) is 17.1 Å². The van der Waals surface area contributed by atoms with E-state index in [1.54, 1.807) is 0 Å². The minimum atomic E-state index is -0.629. The number of nitrogens with two attached hydrogens (primary N) is 1. The van der Waals surface area contributed by atoms with E-state index >= 15 is 0 Å². The van der Waals surface area contributed by atoms with E-state index in [0.717, 1.165) is 0 Å². The molecule has 100 valence electrons. The predicted octanol–water partition coefficient (Wildman–Crippen LogP) is 0.377. The van der Waals surface area contributed by atoms with Crippen molar-refractivity contribution in [2.45, 2.75) is 12.8 Å². The van der Waals surface area contributed by atoms with Gasteiger partial charge in [0.2, 0.25) is 11.8 Å². The summed E-state index contributed by atoms with van der Waals surface area (Å²) in [6.07, 6.45) is 0.760. The fourth-order valence-electron chi connectivity index (χ4n) is 1.89. The van der Waals surface area contributed by atoms with Crippen molar-refractivity contribution in [3.8, 4) is 0 Å². The van der Waals surface area contributed by atoms with Crippen LogP contribution in [-0.2, 0) is 16.0 Å². The highest BCUT2D eigenvalue weighted by Crippen LogP contribution is 2.33. The number of nitro groups is 1. The Morgan fingerprint density at radius 1 is 1.47 bits per heavy atom. The third-order valence-electron chi connectivity index (χ3n) is 2.77. The maximum Gasteiger partial charge on any atom is 0.292 e. The van der Waals surface area contributed by atoms with E-state index in [9.17, 15) is 19.7 Å². The quantitative estimate of drug-likeness (QED) is 0.535. The minimum absolute atomic E-state index is 0.137. The third-order valence-corrected chi connectivity index (χ3v) is 2.77. The summed E-state index contributed by atoms with van der Waals surface area (Å²) >= 11 is 0. The maximum atomic E-state index is 11.3. The summed E-state index contributed by atoms with van der Waals surface area (Å²) in [5.41, 5.74) is 6.23. The lowest BCUT2D eigenvalue weighted by atomic mass is 10.0. The Morgan fingerprint density at radius 3 is 2.84 bits per heavy atom. The first-order valence-electron chi connectivity index (χ1n) is 5.60. The number of amides is 2. The molecule has 1 aliphatic rings. The second-order valence-electron chi connectivity index (χ2n) is 4.15. The molecule has 0 aromatic heterocycles. The standard InChI is InChI=1S/C11H12N4O4/c12-10(16)5-13-8-4-7-6(1-2-11(17)14-7)3-9(8)15(18)19/h3-4,13H,1-2,5H2,(H2,12,16)(H,14,17). The molecule has 8 nitrogen and oxygen atoms in total. The van der Waals surface area contributed by atoms with Crippen LogP contribution in [0.25, 0.3) is 0 Å². The van der Waals surface area contributed by atoms with Crippen LogP contribution in [0.15, 0.2) is 12.1 Å². The fraction of sp³-hybridized carbons (Fsp3) is 0.273. The van der Waals surface area contributed by atoms with Crippen LogP contribution in [0, 0.1) is 10.1 Å².